The fraction of sp³-hybridized carbons (Fsp3) is 0.500. The molecule has 2 unspecified atom stereocenters. The highest BCUT2D eigenvalue weighted by Gasteiger charge is 2.42. The van der Waals surface area contributed by atoms with Crippen molar-refractivity contribution < 1.29 is 26.4 Å². The summed E-state index contributed by atoms with van der Waals surface area (Å²) >= 11 is 0. The maximum atomic E-state index is 13.1. The number of carbonyl (C=O) groups excluding carboxylic acids is 1. The van der Waals surface area contributed by atoms with Gasteiger partial charge in [-0.2, -0.15) is 17.5 Å². The summed E-state index contributed by atoms with van der Waals surface area (Å²) in [7, 11) is -4.39. The fourth-order valence-corrected chi connectivity index (χ4v) is 4.61. The number of hydrogen-bond acceptors (Lipinski definition) is 3. The Bertz CT molecular complexity index is 703. The number of alkyl halides is 3. The van der Waals surface area contributed by atoms with Gasteiger partial charge in [-0.3, -0.25) is 4.79 Å². The number of sulfonamides is 1. The molecule has 2 N–H and O–H groups in total. The fourth-order valence-electron chi connectivity index (χ4n) is 2.69. The van der Waals surface area contributed by atoms with Crippen molar-refractivity contribution in [2.75, 3.05) is 6.54 Å². The quantitative estimate of drug-likeness (QED) is 0.905. The number of benzene rings is 1. The molecule has 0 saturated carbocycles. The van der Waals surface area contributed by atoms with Gasteiger partial charge in [0.05, 0.1) is 16.4 Å². The molecule has 1 aromatic rings. The van der Waals surface area contributed by atoms with E-state index < -0.39 is 44.5 Å². The molecule has 0 radical (unpaired) electrons. The Morgan fingerprint density at radius 3 is 2.43 bits per heavy atom. The second-order valence-corrected chi connectivity index (χ2v) is 7.45. The van der Waals surface area contributed by atoms with Crippen LogP contribution >= 0.6 is 0 Å². The van der Waals surface area contributed by atoms with Crippen molar-refractivity contribution in [1.29, 1.82) is 0 Å². The van der Waals surface area contributed by atoms with Crippen LogP contribution < -0.4 is 5.73 Å². The van der Waals surface area contributed by atoms with Crippen LogP contribution in [0.5, 0.6) is 0 Å². The molecule has 1 aliphatic rings. The van der Waals surface area contributed by atoms with Gasteiger partial charge in [-0.1, -0.05) is 12.1 Å². The summed E-state index contributed by atoms with van der Waals surface area (Å²) in [4.78, 5) is 10.5. The second kappa shape index (κ2) is 6.12. The summed E-state index contributed by atoms with van der Waals surface area (Å²) in [5.41, 5.74) is 4.00. The predicted octanol–water partition coefficient (Wildman–Crippen LogP) is 1.98. The SMILES string of the molecule is CC1CCC(C(N)=O)CN1S(=O)(=O)c1ccccc1C(F)(F)F. The van der Waals surface area contributed by atoms with E-state index in [1.54, 1.807) is 6.92 Å². The van der Waals surface area contributed by atoms with Crippen LogP contribution in [0.4, 0.5) is 13.2 Å². The van der Waals surface area contributed by atoms with Crippen LogP contribution in [0.2, 0.25) is 0 Å². The van der Waals surface area contributed by atoms with Crippen LogP contribution in [0.15, 0.2) is 29.2 Å². The first-order valence-corrected chi connectivity index (χ1v) is 8.46. The zero-order valence-corrected chi connectivity index (χ0v) is 13.2. The van der Waals surface area contributed by atoms with E-state index in [-0.39, 0.29) is 6.54 Å². The average molecular weight is 350 g/mol. The Kier molecular flexibility index (Phi) is 4.72. The summed E-state index contributed by atoms with van der Waals surface area (Å²) < 4.78 is 65.6. The van der Waals surface area contributed by atoms with Crippen LogP contribution in [-0.4, -0.2) is 31.2 Å². The molecule has 1 aromatic carbocycles. The van der Waals surface area contributed by atoms with Crippen LogP contribution in [-0.2, 0) is 21.0 Å². The van der Waals surface area contributed by atoms with Crippen molar-refractivity contribution in [3.63, 3.8) is 0 Å². The first-order chi connectivity index (χ1) is 10.5. The molecular weight excluding hydrogens is 333 g/mol. The summed E-state index contributed by atoms with van der Waals surface area (Å²) in [6.45, 7) is 1.40. The molecule has 9 heteroatoms. The minimum absolute atomic E-state index is 0.203. The normalized spacial score (nSPS) is 23.7. The molecule has 1 fully saturated rings. The van der Waals surface area contributed by atoms with Gasteiger partial charge in [-0.05, 0) is 31.9 Å². The van der Waals surface area contributed by atoms with E-state index in [2.05, 4.69) is 0 Å². The van der Waals surface area contributed by atoms with Crippen molar-refractivity contribution in [3.8, 4) is 0 Å². The van der Waals surface area contributed by atoms with Crippen LogP contribution in [0, 0.1) is 5.92 Å². The Morgan fingerprint density at radius 1 is 1.26 bits per heavy atom. The van der Waals surface area contributed by atoms with E-state index in [0.717, 1.165) is 22.5 Å². The van der Waals surface area contributed by atoms with E-state index in [9.17, 15) is 26.4 Å². The lowest BCUT2D eigenvalue weighted by Crippen LogP contribution is -2.48. The Labute approximate surface area is 132 Å². The van der Waals surface area contributed by atoms with Gasteiger partial charge in [0.15, 0.2) is 0 Å². The first-order valence-electron chi connectivity index (χ1n) is 7.02. The number of piperidine rings is 1. The third-order valence-electron chi connectivity index (χ3n) is 4.01. The summed E-state index contributed by atoms with van der Waals surface area (Å²) in [5.74, 6) is -1.35. The number of amides is 1. The number of primary amides is 1. The van der Waals surface area contributed by atoms with Crippen molar-refractivity contribution in [3.05, 3.63) is 29.8 Å². The minimum atomic E-state index is -4.79. The summed E-state index contributed by atoms with van der Waals surface area (Å²) in [5, 5.41) is 0. The van der Waals surface area contributed by atoms with Crippen molar-refractivity contribution >= 4 is 15.9 Å². The highest BCUT2D eigenvalue weighted by atomic mass is 32.2. The maximum Gasteiger partial charge on any atom is 0.417 e. The lowest BCUT2D eigenvalue weighted by atomic mass is 9.95. The van der Waals surface area contributed by atoms with Gasteiger partial charge in [-0.15, -0.1) is 0 Å². The van der Waals surface area contributed by atoms with Crippen LogP contribution in [0.25, 0.3) is 0 Å². The van der Waals surface area contributed by atoms with E-state index >= 15 is 0 Å². The minimum Gasteiger partial charge on any atom is -0.369 e. The first kappa shape index (κ1) is 17.7. The molecule has 2 rings (SSSR count). The van der Waals surface area contributed by atoms with E-state index in [1.165, 1.54) is 6.07 Å². The van der Waals surface area contributed by atoms with Gasteiger partial charge in [0.2, 0.25) is 15.9 Å². The Morgan fingerprint density at radius 2 is 1.87 bits per heavy atom. The number of carbonyl (C=O) groups is 1. The number of nitrogens with two attached hydrogens (primary N) is 1. The molecule has 5 nitrogen and oxygen atoms in total. The van der Waals surface area contributed by atoms with E-state index in [1.807, 2.05) is 0 Å². The zero-order valence-electron chi connectivity index (χ0n) is 12.4. The third kappa shape index (κ3) is 3.50. The standard InChI is InChI=1S/C14H17F3N2O3S/c1-9-6-7-10(13(18)20)8-19(9)23(21,22)12-5-3-2-4-11(12)14(15,16)17/h2-5,9-10H,6-8H2,1H3,(H2,18,20). The monoisotopic (exact) mass is 350 g/mol. The molecule has 1 saturated heterocycles. The average Bonchev–Trinajstić information content (AvgIpc) is 2.46. The zero-order chi connectivity index (χ0) is 17.4. The van der Waals surface area contributed by atoms with Crippen molar-refractivity contribution in [2.24, 2.45) is 11.7 Å². The lowest BCUT2D eigenvalue weighted by molar-refractivity contribution is -0.140. The molecule has 1 heterocycles. The molecular formula is C14H17F3N2O3S. The molecule has 23 heavy (non-hydrogen) atoms. The molecule has 0 aliphatic carbocycles. The maximum absolute atomic E-state index is 13.1. The number of rotatable bonds is 3. The van der Waals surface area contributed by atoms with Gasteiger partial charge < -0.3 is 5.73 Å². The smallest absolute Gasteiger partial charge is 0.369 e. The molecule has 1 aliphatic heterocycles. The van der Waals surface area contributed by atoms with Crippen molar-refractivity contribution in [1.82, 2.24) is 4.31 Å². The molecule has 2 atom stereocenters. The van der Waals surface area contributed by atoms with Crippen LogP contribution in [0.3, 0.4) is 0 Å². The number of hydrogen-bond donors (Lipinski definition) is 1. The topological polar surface area (TPSA) is 80.5 Å². The highest BCUT2D eigenvalue weighted by molar-refractivity contribution is 7.89. The Hall–Kier alpha value is -1.61. The Balaban J connectivity index is 2.48. The summed E-state index contributed by atoms with van der Waals surface area (Å²) in [6.07, 6.45) is -4.00. The second-order valence-electron chi connectivity index (χ2n) is 5.59. The molecule has 0 bridgehead atoms. The van der Waals surface area contributed by atoms with Crippen molar-refractivity contribution in [2.45, 2.75) is 36.9 Å². The van der Waals surface area contributed by atoms with E-state index in [0.29, 0.717) is 12.8 Å². The number of nitrogens with zero attached hydrogens (tertiary/aromatic N) is 1. The highest BCUT2D eigenvalue weighted by Crippen LogP contribution is 2.37. The van der Waals surface area contributed by atoms with Crippen LogP contribution in [0.1, 0.15) is 25.3 Å². The molecule has 128 valence electrons. The number of halogens is 3. The van der Waals surface area contributed by atoms with E-state index in [4.69, 9.17) is 5.73 Å². The lowest BCUT2D eigenvalue weighted by Gasteiger charge is -2.36. The van der Waals surface area contributed by atoms with Gasteiger partial charge in [-0.25, -0.2) is 8.42 Å². The molecule has 1 amide bonds. The third-order valence-corrected chi connectivity index (χ3v) is 6.04. The van der Waals surface area contributed by atoms with Gasteiger partial charge >= 0.3 is 6.18 Å². The predicted molar refractivity (Wildman–Crippen MR) is 76.7 cm³/mol. The van der Waals surface area contributed by atoms with Gasteiger partial charge in [0, 0.05) is 12.6 Å². The van der Waals surface area contributed by atoms with Gasteiger partial charge in [0.1, 0.15) is 0 Å². The molecule has 0 aromatic heterocycles. The summed E-state index contributed by atoms with van der Waals surface area (Å²) in [6, 6.07) is 3.53. The molecule has 0 spiro atoms. The largest absolute Gasteiger partial charge is 0.417 e. The van der Waals surface area contributed by atoms with Gasteiger partial charge in [0.25, 0.3) is 0 Å².